The maximum Gasteiger partial charge on any atom is 0.188 e. The van der Waals surface area contributed by atoms with E-state index in [0.717, 1.165) is 13.0 Å². The molecule has 3 nitrogen and oxygen atoms in total. The van der Waals surface area contributed by atoms with Crippen LogP contribution < -0.4 is 11.1 Å². The number of aryl methyl sites for hydroxylation is 2. The number of nitrogens with two attached hydrogens (primary N) is 1. The molecular formula is C17H22IN3S. The lowest BCUT2D eigenvalue weighted by molar-refractivity contribution is 0.857. The molecule has 1 aromatic carbocycles. The van der Waals surface area contributed by atoms with Crippen molar-refractivity contribution in [1.29, 1.82) is 0 Å². The highest BCUT2D eigenvalue weighted by molar-refractivity contribution is 14.0. The van der Waals surface area contributed by atoms with Crippen molar-refractivity contribution >= 4 is 41.3 Å². The first-order valence-electron chi connectivity index (χ1n) is 7.48. The van der Waals surface area contributed by atoms with E-state index in [0.29, 0.717) is 12.5 Å². The van der Waals surface area contributed by atoms with Gasteiger partial charge in [-0.3, -0.25) is 0 Å². The first kappa shape index (κ1) is 17.3. The second-order valence-corrected chi connectivity index (χ2v) is 6.45. The van der Waals surface area contributed by atoms with Crippen molar-refractivity contribution < 1.29 is 0 Å². The van der Waals surface area contributed by atoms with E-state index < -0.39 is 0 Å². The van der Waals surface area contributed by atoms with Gasteiger partial charge in [0.05, 0.1) is 6.54 Å². The number of hydrogen-bond acceptors (Lipinski definition) is 2. The van der Waals surface area contributed by atoms with Crippen LogP contribution in [0.1, 0.15) is 28.0 Å². The quantitative estimate of drug-likeness (QED) is 0.436. The first-order valence-corrected chi connectivity index (χ1v) is 8.36. The summed E-state index contributed by atoms with van der Waals surface area (Å²) >= 11 is 1.78. The SMILES string of the molecule is I.NC(=NCc1ccc2c(c1)CCC2)NCCc1cccs1. The number of rotatable bonds is 5. The summed E-state index contributed by atoms with van der Waals surface area (Å²) in [5, 5.41) is 5.28. The standard InChI is InChI=1S/C17H21N3S.HI/c18-17(19-9-8-16-5-2-10-21-16)20-12-13-6-7-14-3-1-4-15(14)11-13;/h2,5-7,10-11H,1,3-4,8-9,12H2,(H3,18,19,20);1H. The van der Waals surface area contributed by atoms with Gasteiger partial charge in [-0.15, -0.1) is 35.3 Å². The Balaban J connectivity index is 0.00000176. The highest BCUT2D eigenvalue weighted by Gasteiger charge is 2.10. The molecule has 0 atom stereocenters. The summed E-state index contributed by atoms with van der Waals surface area (Å²) in [7, 11) is 0. The minimum absolute atomic E-state index is 0. The minimum Gasteiger partial charge on any atom is -0.370 e. The zero-order chi connectivity index (χ0) is 14.5. The molecular weight excluding hydrogens is 405 g/mol. The summed E-state index contributed by atoms with van der Waals surface area (Å²) in [5.41, 5.74) is 10.2. The molecule has 22 heavy (non-hydrogen) atoms. The molecule has 0 bridgehead atoms. The van der Waals surface area contributed by atoms with E-state index in [1.54, 1.807) is 11.3 Å². The Hall–Kier alpha value is -1.08. The lowest BCUT2D eigenvalue weighted by atomic mass is 10.1. The number of nitrogens with one attached hydrogen (secondary N) is 1. The Bertz CT molecular complexity index is 623. The minimum atomic E-state index is 0. The number of halogens is 1. The van der Waals surface area contributed by atoms with Gasteiger partial charge in [-0.25, -0.2) is 4.99 Å². The lowest BCUT2D eigenvalue weighted by Gasteiger charge is -2.06. The van der Waals surface area contributed by atoms with Crippen LogP contribution in [0.25, 0.3) is 0 Å². The number of fused-ring (bicyclic) bond motifs is 1. The van der Waals surface area contributed by atoms with Crippen LogP contribution in [0.3, 0.4) is 0 Å². The fraction of sp³-hybridized carbons (Fsp3) is 0.353. The molecule has 0 fully saturated rings. The molecule has 1 aliphatic rings. The summed E-state index contributed by atoms with van der Waals surface area (Å²) in [4.78, 5) is 5.79. The summed E-state index contributed by atoms with van der Waals surface area (Å²) in [5.74, 6) is 0.534. The number of thiophene rings is 1. The molecule has 2 aromatic rings. The van der Waals surface area contributed by atoms with E-state index in [1.807, 2.05) is 0 Å². The van der Waals surface area contributed by atoms with Crippen molar-refractivity contribution in [3.63, 3.8) is 0 Å². The Morgan fingerprint density at radius 2 is 2.09 bits per heavy atom. The molecule has 0 aliphatic heterocycles. The maximum absolute atomic E-state index is 5.92. The smallest absolute Gasteiger partial charge is 0.188 e. The van der Waals surface area contributed by atoms with Gasteiger partial charge >= 0.3 is 0 Å². The molecule has 1 aromatic heterocycles. The molecule has 118 valence electrons. The van der Waals surface area contributed by atoms with Crippen LogP contribution in [0.2, 0.25) is 0 Å². The summed E-state index contributed by atoms with van der Waals surface area (Å²) in [6.45, 7) is 1.49. The number of benzene rings is 1. The molecule has 1 aliphatic carbocycles. The molecule has 0 saturated carbocycles. The van der Waals surface area contributed by atoms with Gasteiger partial charge in [-0.2, -0.15) is 0 Å². The van der Waals surface area contributed by atoms with Gasteiger partial charge in [0.25, 0.3) is 0 Å². The van der Waals surface area contributed by atoms with Crippen LogP contribution in [0.5, 0.6) is 0 Å². The number of nitrogens with zero attached hydrogens (tertiary/aromatic N) is 1. The Morgan fingerprint density at radius 3 is 2.91 bits per heavy atom. The molecule has 0 spiro atoms. The molecule has 0 radical (unpaired) electrons. The largest absolute Gasteiger partial charge is 0.370 e. The molecule has 3 rings (SSSR count). The van der Waals surface area contributed by atoms with Crippen LogP contribution in [0, 0.1) is 0 Å². The molecule has 0 saturated heterocycles. The number of guanidine groups is 1. The zero-order valence-corrected chi connectivity index (χ0v) is 15.7. The topological polar surface area (TPSA) is 50.4 Å². The van der Waals surface area contributed by atoms with Crippen LogP contribution in [0.4, 0.5) is 0 Å². The van der Waals surface area contributed by atoms with E-state index in [9.17, 15) is 0 Å². The lowest BCUT2D eigenvalue weighted by Crippen LogP contribution is -2.33. The monoisotopic (exact) mass is 427 g/mol. The normalized spacial score (nSPS) is 13.5. The molecule has 0 unspecified atom stereocenters. The van der Waals surface area contributed by atoms with Crippen LogP contribution in [-0.2, 0) is 25.8 Å². The van der Waals surface area contributed by atoms with Gasteiger partial charge in [-0.05, 0) is 53.8 Å². The van der Waals surface area contributed by atoms with Crippen molar-refractivity contribution in [2.24, 2.45) is 10.7 Å². The third-order valence-corrected chi connectivity index (χ3v) is 4.79. The first-order chi connectivity index (χ1) is 10.3. The Morgan fingerprint density at radius 1 is 1.23 bits per heavy atom. The van der Waals surface area contributed by atoms with Crippen LogP contribution >= 0.6 is 35.3 Å². The Labute approximate surface area is 153 Å². The third kappa shape index (κ3) is 4.71. The van der Waals surface area contributed by atoms with Crippen LogP contribution in [-0.4, -0.2) is 12.5 Å². The highest BCUT2D eigenvalue weighted by Crippen LogP contribution is 2.23. The van der Waals surface area contributed by atoms with E-state index >= 15 is 0 Å². The average molecular weight is 427 g/mol. The van der Waals surface area contributed by atoms with Crippen molar-refractivity contribution in [2.75, 3.05) is 6.54 Å². The predicted molar refractivity (Wildman–Crippen MR) is 105 cm³/mol. The van der Waals surface area contributed by atoms with Gasteiger partial charge < -0.3 is 11.1 Å². The molecule has 5 heteroatoms. The third-order valence-electron chi connectivity index (χ3n) is 3.85. The molecule has 1 heterocycles. The summed E-state index contributed by atoms with van der Waals surface area (Å²) < 4.78 is 0. The van der Waals surface area contributed by atoms with Crippen molar-refractivity contribution in [3.8, 4) is 0 Å². The second-order valence-electron chi connectivity index (χ2n) is 5.41. The van der Waals surface area contributed by atoms with E-state index in [1.165, 1.54) is 40.8 Å². The Kier molecular flexibility index (Phi) is 6.70. The van der Waals surface area contributed by atoms with Crippen molar-refractivity contribution in [1.82, 2.24) is 5.32 Å². The summed E-state index contributed by atoms with van der Waals surface area (Å²) in [6.07, 6.45) is 4.72. The second kappa shape index (κ2) is 8.53. The maximum atomic E-state index is 5.92. The van der Waals surface area contributed by atoms with Gasteiger partial charge in [0.15, 0.2) is 5.96 Å². The fourth-order valence-corrected chi connectivity index (χ4v) is 3.43. The highest BCUT2D eigenvalue weighted by atomic mass is 127. The van der Waals surface area contributed by atoms with Gasteiger partial charge in [0.1, 0.15) is 0 Å². The van der Waals surface area contributed by atoms with Crippen molar-refractivity contribution in [2.45, 2.75) is 32.2 Å². The number of hydrogen-bond donors (Lipinski definition) is 2. The van der Waals surface area contributed by atoms with E-state index in [4.69, 9.17) is 5.73 Å². The van der Waals surface area contributed by atoms with Gasteiger partial charge in [0.2, 0.25) is 0 Å². The summed E-state index contributed by atoms with van der Waals surface area (Å²) in [6, 6.07) is 10.9. The zero-order valence-electron chi connectivity index (χ0n) is 12.5. The van der Waals surface area contributed by atoms with Gasteiger partial charge in [-0.1, -0.05) is 24.3 Å². The van der Waals surface area contributed by atoms with Gasteiger partial charge in [0, 0.05) is 11.4 Å². The number of aliphatic imine (C=N–C) groups is 1. The predicted octanol–water partition coefficient (Wildman–Crippen LogP) is 3.50. The molecule has 0 amide bonds. The van der Waals surface area contributed by atoms with Crippen LogP contribution in [0.15, 0.2) is 40.7 Å². The van der Waals surface area contributed by atoms with E-state index in [2.05, 4.69) is 46.0 Å². The fourth-order valence-electron chi connectivity index (χ4n) is 2.72. The van der Waals surface area contributed by atoms with Crippen molar-refractivity contribution in [3.05, 3.63) is 57.3 Å². The average Bonchev–Trinajstić information content (AvgIpc) is 3.15. The molecule has 3 N–H and O–H groups in total. The van der Waals surface area contributed by atoms with E-state index in [-0.39, 0.29) is 24.0 Å².